The van der Waals surface area contributed by atoms with E-state index < -0.39 is 17.1 Å². The lowest BCUT2D eigenvalue weighted by Gasteiger charge is -2.35. The summed E-state index contributed by atoms with van der Waals surface area (Å²) >= 11 is -1.05. The van der Waals surface area contributed by atoms with Crippen molar-refractivity contribution in [2.75, 3.05) is 11.6 Å². The molecule has 2 aromatic rings. The van der Waals surface area contributed by atoms with Crippen molar-refractivity contribution in [2.24, 2.45) is 5.73 Å². The number of hydrogen-bond acceptors (Lipinski definition) is 5. The summed E-state index contributed by atoms with van der Waals surface area (Å²) in [6.45, 7) is 0. The quantitative estimate of drug-likeness (QED) is 0.741. The maximum absolute atomic E-state index is 11.9. The first-order valence-corrected chi connectivity index (χ1v) is 10.5. The van der Waals surface area contributed by atoms with E-state index in [9.17, 15) is 14.6 Å². The fourth-order valence-electron chi connectivity index (χ4n) is 3.60. The molecular formula is C19H23N5O2S. The lowest BCUT2D eigenvalue weighted by atomic mass is 9.80. The molecule has 7 nitrogen and oxygen atoms in total. The van der Waals surface area contributed by atoms with Gasteiger partial charge in [-0.1, -0.05) is 19.3 Å². The van der Waals surface area contributed by atoms with Crippen molar-refractivity contribution >= 4 is 28.6 Å². The van der Waals surface area contributed by atoms with Gasteiger partial charge in [-0.05, 0) is 48.3 Å². The van der Waals surface area contributed by atoms with Gasteiger partial charge in [0.2, 0.25) is 0 Å². The number of aromatic nitrogens is 2. The average Bonchev–Trinajstić information content (AvgIpc) is 3.08. The minimum atomic E-state index is -1.05. The zero-order valence-electron chi connectivity index (χ0n) is 15.3. The summed E-state index contributed by atoms with van der Waals surface area (Å²) in [6, 6.07) is 9.37. The summed E-state index contributed by atoms with van der Waals surface area (Å²) < 4.78 is 13.3. The summed E-state index contributed by atoms with van der Waals surface area (Å²) in [4.78, 5) is 12.7. The van der Waals surface area contributed by atoms with E-state index in [0.717, 1.165) is 42.7 Å². The number of nitrogens with zero attached hydrogens (tertiary/aromatic N) is 3. The summed E-state index contributed by atoms with van der Waals surface area (Å²) in [6.07, 6.45) is 8.55. The predicted molar refractivity (Wildman–Crippen MR) is 104 cm³/mol. The largest absolute Gasteiger partial charge is 0.612 e. The highest BCUT2D eigenvalue weighted by atomic mass is 32.2. The van der Waals surface area contributed by atoms with Crippen molar-refractivity contribution in [1.82, 2.24) is 9.78 Å². The molecule has 1 heterocycles. The first kappa shape index (κ1) is 19.3. The second-order valence-electron chi connectivity index (χ2n) is 6.92. The third kappa shape index (κ3) is 4.10. The van der Waals surface area contributed by atoms with Crippen molar-refractivity contribution in [3.63, 3.8) is 0 Å². The molecule has 1 aliphatic rings. The minimum Gasteiger partial charge on any atom is -0.612 e. The maximum Gasteiger partial charge on any atom is 0.254 e. The Balaban J connectivity index is 1.93. The third-order valence-electron chi connectivity index (χ3n) is 5.11. The molecule has 1 aliphatic carbocycles. The molecule has 142 valence electrons. The van der Waals surface area contributed by atoms with Crippen molar-refractivity contribution in [1.29, 1.82) is 5.26 Å². The Bertz CT molecular complexity index is 848. The van der Waals surface area contributed by atoms with Crippen LogP contribution in [0.4, 0.5) is 11.5 Å². The fourth-order valence-corrected chi connectivity index (χ4v) is 4.12. The zero-order chi connectivity index (χ0) is 19.4. The second-order valence-corrected chi connectivity index (χ2v) is 8.30. The van der Waals surface area contributed by atoms with Gasteiger partial charge in [-0.15, -0.1) is 0 Å². The molecule has 8 heteroatoms. The second kappa shape index (κ2) is 8.03. The number of hydrogen-bond donors (Lipinski definition) is 2. The third-order valence-corrected chi connectivity index (χ3v) is 6.04. The van der Waals surface area contributed by atoms with Gasteiger partial charge < -0.3 is 15.6 Å². The van der Waals surface area contributed by atoms with E-state index in [1.165, 1.54) is 0 Å². The number of benzene rings is 1. The number of nitrogens with two attached hydrogens (primary N) is 1. The highest BCUT2D eigenvalue weighted by molar-refractivity contribution is 7.90. The van der Waals surface area contributed by atoms with Gasteiger partial charge in [0.15, 0.2) is 10.7 Å². The van der Waals surface area contributed by atoms with Gasteiger partial charge in [0, 0.05) is 11.9 Å². The van der Waals surface area contributed by atoms with Crippen LogP contribution >= 0.6 is 0 Å². The molecule has 3 rings (SSSR count). The molecule has 0 saturated heterocycles. The Kier molecular flexibility index (Phi) is 5.73. The zero-order valence-corrected chi connectivity index (χ0v) is 16.1. The Hall–Kier alpha value is -2.50. The summed E-state index contributed by atoms with van der Waals surface area (Å²) in [5.41, 5.74) is 6.18. The molecule has 1 fully saturated rings. The van der Waals surface area contributed by atoms with Crippen LogP contribution < -0.4 is 11.1 Å². The number of carbonyl (C=O) groups is 1. The standard InChI is InChI=1S/C19H23N5O2S/c1-27(26)15-7-5-14(6-8-15)22-18-16(17(21)25)13-24(23-18)19(11-12-20)9-3-2-4-10-19/h5-8,13H,2-4,9-11H2,1H3,(H2,21,25)(H,22,23). The van der Waals surface area contributed by atoms with Crippen LogP contribution in [-0.4, -0.2) is 26.5 Å². The van der Waals surface area contributed by atoms with E-state index >= 15 is 0 Å². The molecule has 0 bridgehead atoms. The summed E-state index contributed by atoms with van der Waals surface area (Å²) in [7, 11) is 0. The van der Waals surface area contributed by atoms with Crippen molar-refractivity contribution < 1.29 is 9.35 Å². The number of primary amides is 1. The van der Waals surface area contributed by atoms with Gasteiger partial charge in [0.1, 0.15) is 11.8 Å². The van der Waals surface area contributed by atoms with Crippen LogP contribution in [0, 0.1) is 11.3 Å². The highest BCUT2D eigenvalue weighted by Gasteiger charge is 2.36. The van der Waals surface area contributed by atoms with Crippen molar-refractivity contribution in [3.8, 4) is 6.07 Å². The molecule has 1 atom stereocenters. The van der Waals surface area contributed by atoms with Gasteiger partial charge in [0.05, 0.1) is 18.0 Å². The highest BCUT2D eigenvalue weighted by Crippen LogP contribution is 2.38. The number of rotatable bonds is 6. The molecular weight excluding hydrogens is 362 g/mol. The monoisotopic (exact) mass is 385 g/mol. The van der Waals surface area contributed by atoms with Crippen LogP contribution in [0.2, 0.25) is 0 Å². The van der Waals surface area contributed by atoms with Crippen molar-refractivity contribution in [2.45, 2.75) is 49.0 Å². The molecule has 0 radical (unpaired) electrons. The molecule has 1 unspecified atom stereocenters. The smallest absolute Gasteiger partial charge is 0.254 e. The number of nitrogens with one attached hydrogen (secondary N) is 1. The van der Waals surface area contributed by atoms with E-state index in [2.05, 4.69) is 16.5 Å². The predicted octanol–water partition coefficient (Wildman–Crippen LogP) is 3.04. The van der Waals surface area contributed by atoms with E-state index in [-0.39, 0.29) is 5.54 Å². The number of carbonyl (C=O) groups excluding carboxylic acids is 1. The first-order valence-electron chi connectivity index (χ1n) is 8.93. The van der Waals surface area contributed by atoms with Gasteiger partial charge >= 0.3 is 0 Å². The van der Waals surface area contributed by atoms with E-state index in [1.807, 2.05) is 0 Å². The van der Waals surface area contributed by atoms with Gasteiger partial charge in [-0.3, -0.25) is 9.48 Å². The van der Waals surface area contributed by atoms with Gasteiger partial charge in [-0.2, -0.15) is 10.4 Å². The molecule has 0 spiro atoms. The average molecular weight is 385 g/mol. The molecule has 1 amide bonds. The first-order chi connectivity index (χ1) is 12.9. The maximum atomic E-state index is 11.9. The minimum absolute atomic E-state index is 0.293. The molecule has 3 N–H and O–H groups in total. The topological polar surface area (TPSA) is 120 Å². The molecule has 1 aromatic heterocycles. The van der Waals surface area contributed by atoms with E-state index in [4.69, 9.17) is 5.73 Å². The normalized spacial score (nSPS) is 17.1. The molecule has 1 saturated carbocycles. The summed E-state index contributed by atoms with van der Waals surface area (Å²) in [5, 5.41) is 17.0. The molecule has 0 aliphatic heterocycles. The lowest BCUT2D eigenvalue weighted by molar-refractivity contribution is 0.100. The van der Waals surface area contributed by atoms with Crippen molar-refractivity contribution in [3.05, 3.63) is 36.0 Å². The number of anilines is 2. The number of nitriles is 1. The molecule has 1 aromatic carbocycles. The van der Waals surface area contributed by atoms with E-state index in [0.29, 0.717) is 17.8 Å². The lowest BCUT2D eigenvalue weighted by Crippen LogP contribution is -2.36. The SMILES string of the molecule is C[S+]([O-])c1ccc(Nc2nn(C3(CC#N)CCCCC3)cc2C(N)=O)cc1. The molecule has 27 heavy (non-hydrogen) atoms. The van der Waals surface area contributed by atoms with Crippen LogP contribution in [-0.2, 0) is 16.7 Å². The van der Waals surface area contributed by atoms with Crippen LogP contribution in [0.5, 0.6) is 0 Å². The van der Waals surface area contributed by atoms with Crippen LogP contribution in [0.25, 0.3) is 0 Å². The van der Waals surface area contributed by atoms with Crippen LogP contribution in [0.15, 0.2) is 35.4 Å². The Morgan fingerprint density at radius 3 is 2.59 bits per heavy atom. The van der Waals surface area contributed by atoms with Crippen LogP contribution in [0.1, 0.15) is 48.9 Å². The van der Waals surface area contributed by atoms with Crippen LogP contribution in [0.3, 0.4) is 0 Å². The Morgan fingerprint density at radius 2 is 2.04 bits per heavy atom. The Labute approximate surface area is 161 Å². The van der Waals surface area contributed by atoms with Gasteiger partial charge in [-0.25, -0.2) is 0 Å². The Morgan fingerprint density at radius 1 is 1.37 bits per heavy atom. The fraction of sp³-hybridized carbons (Fsp3) is 0.421. The number of amides is 1. The summed E-state index contributed by atoms with van der Waals surface area (Å²) in [5.74, 6) is -0.200. The van der Waals surface area contributed by atoms with E-state index in [1.54, 1.807) is 41.4 Å². The van der Waals surface area contributed by atoms with Gasteiger partial charge in [0.25, 0.3) is 5.91 Å².